The van der Waals surface area contributed by atoms with Gasteiger partial charge in [-0.25, -0.2) is 0 Å². The van der Waals surface area contributed by atoms with Gasteiger partial charge in [0.15, 0.2) is 0 Å². The highest BCUT2D eigenvalue weighted by atomic mass is 31.0. The van der Waals surface area contributed by atoms with Crippen molar-refractivity contribution in [1.82, 2.24) is 4.67 Å². The van der Waals surface area contributed by atoms with E-state index >= 15 is 0 Å². The van der Waals surface area contributed by atoms with Crippen molar-refractivity contribution in [1.29, 1.82) is 0 Å². The first-order valence-corrected chi connectivity index (χ1v) is 3.32. The maximum absolute atomic E-state index is 8.97. The maximum atomic E-state index is 8.97. The summed E-state index contributed by atoms with van der Waals surface area (Å²) in [6, 6.07) is 0. The van der Waals surface area contributed by atoms with Gasteiger partial charge in [0, 0.05) is 6.54 Å². The summed E-state index contributed by atoms with van der Waals surface area (Å²) in [6.45, 7) is 2.71. The molecule has 0 aliphatic rings. The normalized spacial score (nSPS) is 14.6. The van der Waals surface area contributed by atoms with Crippen LogP contribution in [0.25, 0.3) is 0 Å². The first kappa shape index (κ1) is 8.35. The fraction of sp³-hybridized carbons (Fsp3) is 1.00. The van der Waals surface area contributed by atoms with Crippen LogP contribution in [0.4, 0.5) is 0 Å². The van der Waals surface area contributed by atoms with Crippen LogP contribution in [-0.2, 0) is 0 Å². The summed E-state index contributed by atoms with van der Waals surface area (Å²) in [5.41, 5.74) is 0. The standard InChI is InChI=1S/C5H14NOP/c1-3-5(7)4-6(2)8/h5,7H,3-4,8H2,1-2H3. The number of rotatable bonds is 3. The van der Waals surface area contributed by atoms with Crippen LogP contribution < -0.4 is 0 Å². The summed E-state index contributed by atoms with van der Waals surface area (Å²) in [5.74, 6) is 0. The molecule has 0 rings (SSSR count). The van der Waals surface area contributed by atoms with E-state index in [0.717, 1.165) is 13.0 Å². The van der Waals surface area contributed by atoms with Crippen LogP contribution in [0.15, 0.2) is 0 Å². The van der Waals surface area contributed by atoms with E-state index in [1.807, 2.05) is 18.6 Å². The number of aliphatic hydroxyl groups is 1. The minimum Gasteiger partial charge on any atom is -0.392 e. The lowest BCUT2D eigenvalue weighted by Gasteiger charge is -2.12. The summed E-state index contributed by atoms with van der Waals surface area (Å²) in [6.07, 6.45) is 0.663. The Bertz CT molecular complexity index is 58.4. The van der Waals surface area contributed by atoms with Crippen molar-refractivity contribution < 1.29 is 5.11 Å². The van der Waals surface area contributed by atoms with Gasteiger partial charge < -0.3 is 5.11 Å². The second-order valence-electron chi connectivity index (χ2n) is 2.00. The Kier molecular flexibility index (Phi) is 4.44. The van der Waals surface area contributed by atoms with Gasteiger partial charge in [-0.3, -0.25) is 4.67 Å². The Hall–Kier alpha value is 0.350. The summed E-state index contributed by atoms with van der Waals surface area (Å²) >= 11 is 0. The number of hydrogen-bond donors (Lipinski definition) is 1. The Labute approximate surface area is 53.1 Å². The van der Waals surface area contributed by atoms with Crippen LogP contribution in [0.5, 0.6) is 0 Å². The molecule has 8 heavy (non-hydrogen) atoms. The molecule has 3 heteroatoms. The van der Waals surface area contributed by atoms with Crippen molar-refractivity contribution in [3.05, 3.63) is 0 Å². The maximum Gasteiger partial charge on any atom is 0.0667 e. The molecule has 0 heterocycles. The van der Waals surface area contributed by atoms with Gasteiger partial charge >= 0.3 is 0 Å². The third-order valence-corrected chi connectivity index (χ3v) is 1.18. The average Bonchev–Trinajstić information content (AvgIpc) is 1.65. The largest absolute Gasteiger partial charge is 0.392 e. The van der Waals surface area contributed by atoms with Crippen molar-refractivity contribution in [3.63, 3.8) is 0 Å². The first-order chi connectivity index (χ1) is 3.66. The molecule has 0 spiro atoms. The third-order valence-electron chi connectivity index (χ3n) is 0.970. The minimum absolute atomic E-state index is 0.169. The molecule has 0 bridgehead atoms. The van der Waals surface area contributed by atoms with Gasteiger partial charge in [-0.1, -0.05) is 16.3 Å². The van der Waals surface area contributed by atoms with Crippen LogP contribution >= 0.6 is 9.39 Å². The molecule has 2 nitrogen and oxygen atoms in total. The van der Waals surface area contributed by atoms with Gasteiger partial charge in [0.2, 0.25) is 0 Å². The van der Waals surface area contributed by atoms with Crippen LogP contribution in [0.3, 0.4) is 0 Å². The van der Waals surface area contributed by atoms with Crippen molar-refractivity contribution in [2.75, 3.05) is 13.6 Å². The monoisotopic (exact) mass is 135 g/mol. The van der Waals surface area contributed by atoms with Crippen LogP contribution in [0, 0.1) is 0 Å². The molecular formula is C5H14NOP. The van der Waals surface area contributed by atoms with Crippen molar-refractivity contribution in [3.8, 4) is 0 Å². The fourth-order valence-corrected chi connectivity index (χ4v) is 0.705. The first-order valence-electron chi connectivity index (χ1n) is 2.80. The molecule has 0 fully saturated rings. The zero-order valence-electron chi connectivity index (χ0n) is 5.46. The predicted octanol–water partition coefficient (Wildman–Crippen LogP) is 0.479. The van der Waals surface area contributed by atoms with Gasteiger partial charge in [-0.2, -0.15) is 0 Å². The number of aliphatic hydroxyl groups excluding tert-OH is 1. The van der Waals surface area contributed by atoms with Gasteiger partial charge in [0.05, 0.1) is 6.10 Å². The van der Waals surface area contributed by atoms with Crippen LogP contribution in [-0.4, -0.2) is 29.5 Å². The lowest BCUT2D eigenvalue weighted by Crippen LogP contribution is -2.20. The molecule has 0 amide bonds. The summed E-state index contributed by atoms with van der Waals surface area (Å²) < 4.78 is 1.90. The molecule has 0 saturated heterocycles. The van der Waals surface area contributed by atoms with Gasteiger partial charge in [0.1, 0.15) is 0 Å². The van der Waals surface area contributed by atoms with E-state index in [1.165, 1.54) is 0 Å². The van der Waals surface area contributed by atoms with Crippen LogP contribution in [0.2, 0.25) is 0 Å². The molecule has 0 aliphatic heterocycles. The lowest BCUT2D eigenvalue weighted by molar-refractivity contribution is 0.152. The quantitative estimate of drug-likeness (QED) is 0.569. The number of nitrogens with zero attached hydrogens (tertiary/aromatic N) is 1. The predicted molar refractivity (Wildman–Crippen MR) is 38.6 cm³/mol. The second kappa shape index (κ2) is 4.25. The highest BCUT2D eigenvalue weighted by molar-refractivity contribution is 7.13. The number of likely N-dealkylation sites (N-methyl/N-ethyl adjacent to an activating group) is 1. The van der Waals surface area contributed by atoms with Gasteiger partial charge in [-0.05, 0) is 13.5 Å². The van der Waals surface area contributed by atoms with Crippen molar-refractivity contribution in [2.45, 2.75) is 19.4 Å². The van der Waals surface area contributed by atoms with Gasteiger partial charge in [0.25, 0.3) is 0 Å². The fourth-order valence-electron chi connectivity index (χ4n) is 0.462. The molecular weight excluding hydrogens is 121 g/mol. The smallest absolute Gasteiger partial charge is 0.0667 e. The van der Waals surface area contributed by atoms with Crippen molar-refractivity contribution >= 4 is 9.39 Å². The Balaban J connectivity index is 3.10. The van der Waals surface area contributed by atoms with Crippen LogP contribution in [0.1, 0.15) is 13.3 Å². The highest BCUT2D eigenvalue weighted by Gasteiger charge is 1.99. The molecule has 2 unspecified atom stereocenters. The zero-order valence-corrected chi connectivity index (χ0v) is 6.62. The van der Waals surface area contributed by atoms with Crippen molar-refractivity contribution in [2.24, 2.45) is 0 Å². The summed E-state index contributed by atoms with van der Waals surface area (Å²) in [4.78, 5) is 0. The lowest BCUT2D eigenvalue weighted by atomic mass is 10.3. The SMILES string of the molecule is CCC(O)CN(C)P. The zero-order chi connectivity index (χ0) is 6.57. The Morgan fingerprint density at radius 1 is 1.75 bits per heavy atom. The number of hydrogen-bond acceptors (Lipinski definition) is 2. The topological polar surface area (TPSA) is 23.5 Å². The molecule has 0 aromatic rings. The molecule has 50 valence electrons. The van der Waals surface area contributed by atoms with Gasteiger partial charge in [-0.15, -0.1) is 0 Å². The van der Waals surface area contributed by atoms with E-state index in [4.69, 9.17) is 5.11 Å². The van der Waals surface area contributed by atoms with E-state index in [-0.39, 0.29) is 6.10 Å². The molecule has 2 atom stereocenters. The molecule has 0 aliphatic carbocycles. The van der Waals surface area contributed by atoms with E-state index in [9.17, 15) is 0 Å². The highest BCUT2D eigenvalue weighted by Crippen LogP contribution is 1.97. The molecule has 0 aromatic carbocycles. The molecule has 1 N–H and O–H groups in total. The minimum atomic E-state index is -0.169. The Morgan fingerprint density at radius 2 is 2.25 bits per heavy atom. The van der Waals surface area contributed by atoms with E-state index < -0.39 is 0 Å². The summed E-state index contributed by atoms with van der Waals surface area (Å²) in [5, 5.41) is 8.97. The molecule has 0 radical (unpaired) electrons. The molecule has 0 aromatic heterocycles. The average molecular weight is 135 g/mol. The molecule has 0 saturated carbocycles. The summed E-state index contributed by atoms with van der Waals surface area (Å²) in [7, 11) is 4.42. The third kappa shape index (κ3) is 4.51. The Morgan fingerprint density at radius 3 is 2.38 bits per heavy atom. The van der Waals surface area contributed by atoms with E-state index in [0.29, 0.717) is 0 Å². The second-order valence-corrected chi connectivity index (χ2v) is 2.88. The van der Waals surface area contributed by atoms with E-state index in [2.05, 4.69) is 9.39 Å². The van der Waals surface area contributed by atoms with E-state index in [1.54, 1.807) is 0 Å².